The maximum atomic E-state index is 15.6. The highest BCUT2D eigenvalue weighted by atomic mass is 19.1. The molecule has 0 atom stereocenters. The number of amides is 3. The SMILES string of the molecule is Cc1c(-c2cc3cc(NC(=O)COC4CC5(CCN(C(=O)OC(C)(C)C)CC5)C4)ncc3cc2F)cnc2c1N(C(=O)OC(C)(C)C)CCO2. The van der Waals surface area contributed by atoms with Crippen LogP contribution in [0.3, 0.4) is 0 Å². The summed E-state index contributed by atoms with van der Waals surface area (Å²) < 4.78 is 38.3. The van der Waals surface area contributed by atoms with E-state index >= 15 is 4.39 Å². The molecule has 2 fully saturated rings. The third-order valence-corrected chi connectivity index (χ3v) is 9.32. The molecule has 0 radical (unpaired) electrons. The third kappa shape index (κ3) is 7.77. The van der Waals surface area contributed by atoms with Gasteiger partial charge in [0.05, 0.1) is 12.6 Å². The van der Waals surface area contributed by atoms with Crippen molar-refractivity contribution in [2.75, 3.05) is 43.1 Å². The number of fused-ring (bicyclic) bond motifs is 2. The molecule has 1 aliphatic carbocycles. The second-order valence-corrected chi connectivity index (χ2v) is 15.5. The van der Waals surface area contributed by atoms with Crippen molar-refractivity contribution in [2.45, 2.75) is 91.5 Å². The standard InChI is InChI=1S/C37H46FN5O7/c1-22-27(20-40-32-31(22)43(12-13-47-32)34(46)50-36(5,6)7)26-14-23-16-29(39-19-24(23)15-28(26)38)41-30(44)21-48-25-17-37(18-25)8-10-42(11-9-37)33(45)49-35(2,3)4/h14-16,19-20,25H,8-13,17-18,21H2,1-7H3,(H,39,41,44). The van der Waals surface area contributed by atoms with E-state index in [1.54, 1.807) is 44.7 Å². The van der Waals surface area contributed by atoms with Crippen LogP contribution in [-0.2, 0) is 19.0 Å². The number of aromatic nitrogens is 2. The summed E-state index contributed by atoms with van der Waals surface area (Å²) in [6.07, 6.45) is 5.70. The Hall–Kier alpha value is -4.52. The number of nitrogens with one attached hydrogen (secondary N) is 1. The molecule has 2 aromatic heterocycles. The number of ether oxygens (including phenoxy) is 4. The zero-order chi connectivity index (χ0) is 36.0. The molecule has 1 aromatic carbocycles. The zero-order valence-electron chi connectivity index (χ0n) is 29.9. The van der Waals surface area contributed by atoms with Crippen LogP contribution in [0.15, 0.2) is 30.6 Å². The van der Waals surface area contributed by atoms with Gasteiger partial charge in [0.1, 0.15) is 41.7 Å². The summed E-state index contributed by atoms with van der Waals surface area (Å²) in [6, 6.07) is 4.75. The maximum Gasteiger partial charge on any atom is 0.415 e. The van der Waals surface area contributed by atoms with Crippen LogP contribution in [0.4, 0.5) is 25.5 Å². The largest absolute Gasteiger partial charge is 0.474 e. The van der Waals surface area contributed by atoms with E-state index in [0.29, 0.717) is 46.5 Å². The number of hydrogen-bond acceptors (Lipinski definition) is 9. The summed E-state index contributed by atoms with van der Waals surface area (Å²) in [6.45, 7) is 14.5. The summed E-state index contributed by atoms with van der Waals surface area (Å²) in [4.78, 5) is 50.3. The lowest BCUT2D eigenvalue weighted by Gasteiger charge is -2.51. The molecule has 4 heterocycles. The number of pyridine rings is 2. The van der Waals surface area contributed by atoms with Crippen molar-refractivity contribution >= 4 is 40.4 Å². The number of benzene rings is 1. The Morgan fingerprint density at radius 2 is 1.60 bits per heavy atom. The molecule has 13 heteroatoms. The molecular weight excluding hydrogens is 645 g/mol. The molecule has 50 heavy (non-hydrogen) atoms. The highest BCUT2D eigenvalue weighted by Gasteiger charge is 2.47. The van der Waals surface area contributed by atoms with Gasteiger partial charge in [0.25, 0.3) is 5.91 Å². The number of anilines is 2. The fourth-order valence-corrected chi connectivity index (χ4v) is 6.84. The average molecular weight is 692 g/mol. The molecule has 0 bridgehead atoms. The van der Waals surface area contributed by atoms with E-state index in [1.807, 2.05) is 20.8 Å². The van der Waals surface area contributed by atoms with Crippen LogP contribution in [0.5, 0.6) is 5.88 Å². The van der Waals surface area contributed by atoms with Crippen LogP contribution in [0.25, 0.3) is 21.9 Å². The van der Waals surface area contributed by atoms with Crippen LogP contribution in [0, 0.1) is 18.2 Å². The van der Waals surface area contributed by atoms with E-state index in [9.17, 15) is 14.4 Å². The number of carbonyl (C=O) groups is 3. The topological polar surface area (TPSA) is 132 Å². The Morgan fingerprint density at radius 3 is 2.28 bits per heavy atom. The molecular formula is C37H46FN5O7. The summed E-state index contributed by atoms with van der Waals surface area (Å²) >= 11 is 0. The Bertz CT molecular complexity index is 1800. The van der Waals surface area contributed by atoms with Crippen LogP contribution in [0.2, 0.25) is 0 Å². The molecule has 1 saturated heterocycles. The smallest absolute Gasteiger partial charge is 0.415 e. The van der Waals surface area contributed by atoms with Gasteiger partial charge in [-0.2, -0.15) is 0 Å². The Labute approximate surface area is 291 Å². The van der Waals surface area contributed by atoms with E-state index in [2.05, 4.69) is 15.3 Å². The molecule has 3 aromatic rings. The highest BCUT2D eigenvalue weighted by Crippen LogP contribution is 2.50. The summed E-state index contributed by atoms with van der Waals surface area (Å²) in [5.41, 5.74) is 0.748. The minimum atomic E-state index is -0.698. The van der Waals surface area contributed by atoms with Gasteiger partial charge in [0.15, 0.2) is 0 Å². The van der Waals surface area contributed by atoms with Crippen molar-refractivity contribution in [1.29, 1.82) is 0 Å². The number of carbonyl (C=O) groups excluding carboxylic acids is 3. The van der Waals surface area contributed by atoms with E-state index in [1.165, 1.54) is 23.4 Å². The molecule has 3 amide bonds. The van der Waals surface area contributed by atoms with Gasteiger partial charge in [-0.3, -0.25) is 9.69 Å². The van der Waals surface area contributed by atoms with E-state index in [4.69, 9.17) is 18.9 Å². The highest BCUT2D eigenvalue weighted by molar-refractivity contribution is 5.96. The van der Waals surface area contributed by atoms with Crippen molar-refractivity contribution in [1.82, 2.24) is 14.9 Å². The molecule has 0 unspecified atom stereocenters. The van der Waals surface area contributed by atoms with Gasteiger partial charge in [-0.15, -0.1) is 0 Å². The number of piperidine rings is 1. The summed E-state index contributed by atoms with van der Waals surface area (Å²) in [5.74, 6) is -0.227. The normalized spacial score (nSPS) is 17.5. The number of rotatable bonds is 5. The van der Waals surface area contributed by atoms with Crippen molar-refractivity contribution in [3.8, 4) is 17.0 Å². The molecule has 2 aliphatic heterocycles. The van der Waals surface area contributed by atoms with Crippen molar-refractivity contribution in [3.05, 3.63) is 42.0 Å². The first-order valence-electron chi connectivity index (χ1n) is 17.1. The quantitative estimate of drug-likeness (QED) is 0.300. The van der Waals surface area contributed by atoms with Crippen LogP contribution in [-0.4, -0.2) is 83.1 Å². The lowest BCUT2D eigenvalue weighted by atomic mass is 9.61. The third-order valence-electron chi connectivity index (χ3n) is 9.32. The monoisotopic (exact) mass is 691 g/mol. The first kappa shape index (κ1) is 35.3. The van der Waals surface area contributed by atoms with Gasteiger partial charge in [0, 0.05) is 42.0 Å². The minimum Gasteiger partial charge on any atom is -0.474 e. The maximum absolute atomic E-state index is 15.6. The predicted octanol–water partition coefficient (Wildman–Crippen LogP) is 7.01. The fraction of sp³-hybridized carbons (Fsp3) is 0.541. The van der Waals surface area contributed by atoms with Crippen molar-refractivity contribution in [3.63, 3.8) is 0 Å². The Kier molecular flexibility index (Phi) is 9.40. The predicted molar refractivity (Wildman–Crippen MR) is 186 cm³/mol. The zero-order valence-corrected chi connectivity index (χ0v) is 29.9. The van der Waals surface area contributed by atoms with Gasteiger partial charge in [0.2, 0.25) is 5.88 Å². The van der Waals surface area contributed by atoms with Crippen LogP contribution in [0.1, 0.15) is 72.8 Å². The molecule has 268 valence electrons. The van der Waals surface area contributed by atoms with Gasteiger partial charge in [-0.25, -0.2) is 23.9 Å². The first-order valence-corrected chi connectivity index (χ1v) is 17.1. The van der Waals surface area contributed by atoms with Gasteiger partial charge in [-0.05, 0) is 109 Å². The molecule has 12 nitrogen and oxygen atoms in total. The molecule has 6 rings (SSSR count). The summed E-state index contributed by atoms with van der Waals surface area (Å²) in [5, 5.41) is 4.01. The lowest BCUT2D eigenvalue weighted by molar-refractivity contribution is -0.135. The lowest BCUT2D eigenvalue weighted by Crippen LogP contribution is -2.52. The number of nitrogens with zero attached hydrogens (tertiary/aromatic N) is 4. The molecule has 1 saturated carbocycles. The number of hydrogen-bond donors (Lipinski definition) is 1. The fourth-order valence-electron chi connectivity index (χ4n) is 6.84. The molecule has 3 aliphatic rings. The van der Waals surface area contributed by atoms with Gasteiger partial charge >= 0.3 is 12.2 Å². The number of halogens is 1. The van der Waals surface area contributed by atoms with Gasteiger partial charge < -0.3 is 29.2 Å². The second kappa shape index (κ2) is 13.3. The second-order valence-electron chi connectivity index (χ2n) is 15.5. The number of likely N-dealkylation sites (tertiary alicyclic amines) is 1. The Balaban J connectivity index is 1.08. The van der Waals surface area contributed by atoms with E-state index < -0.39 is 23.1 Å². The average Bonchev–Trinajstić information content (AvgIpc) is 3.01. The van der Waals surface area contributed by atoms with E-state index in [-0.39, 0.29) is 54.7 Å². The first-order chi connectivity index (χ1) is 23.5. The summed E-state index contributed by atoms with van der Waals surface area (Å²) in [7, 11) is 0. The molecule has 1 spiro atoms. The van der Waals surface area contributed by atoms with E-state index in [0.717, 1.165) is 25.7 Å². The van der Waals surface area contributed by atoms with Crippen LogP contribution >= 0.6 is 0 Å². The van der Waals surface area contributed by atoms with Gasteiger partial charge in [-0.1, -0.05) is 0 Å². The minimum absolute atomic E-state index is 0.0194. The van der Waals surface area contributed by atoms with Crippen molar-refractivity contribution in [2.24, 2.45) is 5.41 Å². The Morgan fingerprint density at radius 1 is 0.920 bits per heavy atom. The molecule has 1 N–H and O–H groups in total. The van der Waals surface area contributed by atoms with Crippen LogP contribution < -0.4 is 15.0 Å². The van der Waals surface area contributed by atoms with Crippen molar-refractivity contribution < 1.29 is 37.7 Å².